The summed E-state index contributed by atoms with van der Waals surface area (Å²) in [5.41, 5.74) is 4.42. The van der Waals surface area contributed by atoms with Crippen molar-refractivity contribution in [3.05, 3.63) is 27.7 Å². The van der Waals surface area contributed by atoms with Gasteiger partial charge in [-0.25, -0.2) is 4.79 Å². The number of nitriles is 1. The number of rotatable bonds is 2. The maximum atomic E-state index is 11.3. The van der Waals surface area contributed by atoms with Crippen molar-refractivity contribution in [3.63, 3.8) is 0 Å². The second kappa shape index (κ2) is 4.28. The number of hydrogen-bond donors (Lipinski definition) is 2. The number of nitrogens with zero attached hydrogens (tertiary/aromatic N) is 1. The fraction of sp³-hybridized carbons (Fsp3) is 0.222. The van der Waals surface area contributed by atoms with Gasteiger partial charge in [-0.2, -0.15) is 5.26 Å². The van der Waals surface area contributed by atoms with E-state index in [0.29, 0.717) is 0 Å². The second-order valence-corrected chi connectivity index (χ2v) is 2.65. The number of carbonyl (C=O) groups excluding carboxylic acids is 1. The molecule has 0 aromatic carbocycles. The van der Waals surface area contributed by atoms with Gasteiger partial charge in [0, 0.05) is 6.20 Å². The molecule has 6 nitrogen and oxygen atoms in total. The van der Waals surface area contributed by atoms with Gasteiger partial charge in [0.25, 0.3) is 5.56 Å². The van der Waals surface area contributed by atoms with Crippen molar-refractivity contribution in [2.45, 2.75) is 6.92 Å². The number of aromatic nitrogens is 1. The molecule has 78 valence electrons. The van der Waals surface area contributed by atoms with E-state index >= 15 is 0 Å². The van der Waals surface area contributed by atoms with Gasteiger partial charge in [-0.1, -0.05) is 0 Å². The Morgan fingerprint density at radius 3 is 2.93 bits per heavy atom. The van der Waals surface area contributed by atoms with Crippen LogP contribution in [-0.2, 0) is 4.74 Å². The molecule has 0 saturated carbocycles. The number of aromatic amines is 1. The number of nitrogens with one attached hydrogen (secondary N) is 1. The smallest absolute Gasteiger partial charge is 0.341 e. The van der Waals surface area contributed by atoms with E-state index in [1.807, 2.05) is 0 Å². The molecule has 1 rings (SSSR count). The van der Waals surface area contributed by atoms with Crippen LogP contribution in [-0.4, -0.2) is 17.6 Å². The van der Waals surface area contributed by atoms with E-state index in [4.69, 9.17) is 15.7 Å². The zero-order valence-electron chi connectivity index (χ0n) is 8.03. The minimum absolute atomic E-state index is 0.00648. The lowest BCUT2D eigenvalue weighted by molar-refractivity contribution is 0.0527. The maximum absolute atomic E-state index is 11.3. The quantitative estimate of drug-likeness (QED) is 0.663. The van der Waals surface area contributed by atoms with E-state index < -0.39 is 11.5 Å². The van der Waals surface area contributed by atoms with Crippen LogP contribution in [0.4, 0.5) is 5.69 Å². The number of carbonyl (C=O) groups is 1. The molecule has 0 aliphatic carbocycles. The first kappa shape index (κ1) is 10.8. The summed E-state index contributed by atoms with van der Waals surface area (Å²) in [6.07, 6.45) is 1.14. The van der Waals surface area contributed by atoms with Gasteiger partial charge in [0.15, 0.2) is 0 Å². The van der Waals surface area contributed by atoms with Crippen molar-refractivity contribution in [3.8, 4) is 6.07 Å². The Balaban J connectivity index is 3.29. The molecule has 1 aromatic rings. The first-order valence-corrected chi connectivity index (χ1v) is 4.20. The Morgan fingerprint density at radius 2 is 2.40 bits per heavy atom. The van der Waals surface area contributed by atoms with Crippen molar-refractivity contribution in [2.24, 2.45) is 0 Å². The molecular weight excluding hydrogens is 198 g/mol. The van der Waals surface area contributed by atoms with Gasteiger partial charge in [-0.15, -0.1) is 0 Å². The largest absolute Gasteiger partial charge is 0.462 e. The highest BCUT2D eigenvalue weighted by Gasteiger charge is 2.16. The summed E-state index contributed by atoms with van der Waals surface area (Å²) in [6, 6.07) is 1.62. The number of hydrogen-bond acceptors (Lipinski definition) is 5. The highest BCUT2D eigenvalue weighted by atomic mass is 16.5. The highest BCUT2D eigenvalue weighted by molar-refractivity contribution is 5.95. The van der Waals surface area contributed by atoms with E-state index in [2.05, 4.69) is 4.98 Å². The first-order chi connectivity index (χ1) is 7.11. The molecule has 15 heavy (non-hydrogen) atoms. The first-order valence-electron chi connectivity index (χ1n) is 4.20. The van der Waals surface area contributed by atoms with E-state index in [1.54, 1.807) is 13.0 Å². The molecule has 0 saturated heterocycles. The summed E-state index contributed by atoms with van der Waals surface area (Å²) in [5, 5.41) is 8.63. The zero-order chi connectivity index (χ0) is 11.4. The molecular formula is C9H9N3O3. The summed E-state index contributed by atoms with van der Waals surface area (Å²) in [4.78, 5) is 24.6. The SMILES string of the molecule is CCOC(=O)c1c[nH]c(=O)c(C#N)c1N. The lowest BCUT2D eigenvalue weighted by atomic mass is 10.1. The van der Waals surface area contributed by atoms with E-state index in [0.717, 1.165) is 6.20 Å². The van der Waals surface area contributed by atoms with Crippen LogP contribution in [0.2, 0.25) is 0 Å². The number of esters is 1. The Bertz CT molecular complexity index is 484. The van der Waals surface area contributed by atoms with Crippen molar-refractivity contribution in [1.29, 1.82) is 5.26 Å². The molecule has 0 radical (unpaired) electrons. The van der Waals surface area contributed by atoms with Crippen molar-refractivity contribution in [2.75, 3.05) is 12.3 Å². The number of ether oxygens (including phenoxy) is 1. The Hall–Kier alpha value is -2.29. The number of nitrogens with two attached hydrogens (primary N) is 1. The van der Waals surface area contributed by atoms with Crippen LogP contribution in [0.1, 0.15) is 22.8 Å². The monoisotopic (exact) mass is 207 g/mol. The fourth-order valence-corrected chi connectivity index (χ4v) is 1.03. The van der Waals surface area contributed by atoms with Gasteiger partial charge >= 0.3 is 5.97 Å². The topological polar surface area (TPSA) is 109 Å². The number of nitrogen functional groups attached to an aromatic ring is 1. The third-order valence-electron chi connectivity index (χ3n) is 1.74. The molecule has 0 bridgehead atoms. The Morgan fingerprint density at radius 1 is 1.73 bits per heavy atom. The number of pyridine rings is 1. The molecule has 1 aromatic heterocycles. The fourth-order valence-electron chi connectivity index (χ4n) is 1.03. The van der Waals surface area contributed by atoms with Gasteiger partial charge in [-0.3, -0.25) is 4.79 Å². The molecule has 0 unspecified atom stereocenters. The molecule has 0 aliphatic rings. The molecule has 0 spiro atoms. The van der Waals surface area contributed by atoms with E-state index in [-0.39, 0.29) is 23.4 Å². The van der Waals surface area contributed by atoms with Gasteiger partial charge < -0.3 is 15.5 Å². The molecule has 0 amide bonds. The van der Waals surface area contributed by atoms with Crippen molar-refractivity contribution >= 4 is 11.7 Å². The third-order valence-corrected chi connectivity index (χ3v) is 1.74. The second-order valence-electron chi connectivity index (χ2n) is 2.65. The van der Waals surface area contributed by atoms with Gasteiger partial charge in [0.1, 0.15) is 17.2 Å². The van der Waals surface area contributed by atoms with Gasteiger partial charge in [0.05, 0.1) is 12.3 Å². The van der Waals surface area contributed by atoms with Gasteiger partial charge in [-0.05, 0) is 6.92 Å². The lowest BCUT2D eigenvalue weighted by Gasteiger charge is -2.04. The maximum Gasteiger partial charge on any atom is 0.341 e. The predicted molar refractivity (Wildman–Crippen MR) is 52.1 cm³/mol. The van der Waals surface area contributed by atoms with Crippen LogP contribution in [0.3, 0.4) is 0 Å². The van der Waals surface area contributed by atoms with Crippen LogP contribution in [0, 0.1) is 11.3 Å². The molecule has 1 heterocycles. The minimum Gasteiger partial charge on any atom is -0.462 e. The Kier molecular flexibility index (Phi) is 3.08. The molecule has 0 atom stereocenters. The van der Waals surface area contributed by atoms with Crippen molar-refractivity contribution in [1.82, 2.24) is 4.98 Å². The summed E-state index contributed by atoms with van der Waals surface area (Å²) < 4.78 is 4.70. The average Bonchev–Trinajstić information content (AvgIpc) is 2.18. The summed E-state index contributed by atoms with van der Waals surface area (Å²) in [7, 11) is 0. The molecule has 6 heteroatoms. The average molecular weight is 207 g/mol. The summed E-state index contributed by atoms with van der Waals surface area (Å²) in [6.45, 7) is 1.84. The number of H-pyrrole nitrogens is 1. The molecule has 0 aliphatic heterocycles. The van der Waals surface area contributed by atoms with Crippen LogP contribution in [0.5, 0.6) is 0 Å². The lowest BCUT2D eigenvalue weighted by Crippen LogP contribution is -2.18. The van der Waals surface area contributed by atoms with Crippen LogP contribution in [0.25, 0.3) is 0 Å². The summed E-state index contributed by atoms with van der Waals surface area (Å²) in [5.74, 6) is -0.664. The van der Waals surface area contributed by atoms with Crippen LogP contribution in [0.15, 0.2) is 11.0 Å². The molecule has 0 fully saturated rings. The minimum atomic E-state index is -0.664. The summed E-state index contributed by atoms with van der Waals surface area (Å²) >= 11 is 0. The Labute approximate surface area is 85.3 Å². The number of anilines is 1. The standard InChI is InChI=1S/C9H9N3O3/c1-2-15-9(14)6-4-12-8(13)5(3-10)7(6)11/h4H,2H2,1H3,(H3,11,12,13). The normalized spacial score (nSPS) is 9.33. The predicted octanol–water partition coefficient (Wildman–Crippen LogP) is 0.00548. The molecule has 3 N–H and O–H groups in total. The van der Waals surface area contributed by atoms with Crippen LogP contribution >= 0.6 is 0 Å². The zero-order valence-corrected chi connectivity index (χ0v) is 8.03. The van der Waals surface area contributed by atoms with E-state index in [9.17, 15) is 9.59 Å². The van der Waals surface area contributed by atoms with E-state index in [1.165, 1.54) is 0 Å². The highest BCUT2D eigenvalue weighted by Crippen LogP contribution is 2.12. The van der Waals surface area contributed by atoms with Crippen molar-refractivity contribution < 1.29 is 9.53 Å². The van der Waals surface area contributed by atoms with Gasteiger partial charge in [0.2, 0.25) is 0 Å². The van der Waals surface area contributed by atoms with Crippen LogP contribution < -0.4 is 11.3 Å². The third kappa shape index (κ3) is 1.96.